The number of aromatic amines is 1. The normalized spacial score (nSPS) is 25.3. The van der Waals surface area contributed by atoms with E-state index in [9.17, 15) is 19.8 Å². The summed E-state index contributed by atoms with van der Waals surface area (Å²) in [7, 11) is 0. The first-order chi connectivity index (χ1) is 10.1. The molecule has 0 saturated heterocycles. The highest BCUT2D eigenvalue weighted by molar-refractivity contribution is 7.08. The zero-order chi connectivity index (χ0) is 15.0. The molecule has 3 rings (SSSR count). The van der Waals surface area contributed by atoms with Crippen LogP contribution in [0.5, 0.6) is 0 Å². The second-order valence-electron chi connectivity index (χ2n) is 5.36. The molecule has 2 heterocycles. The fourth-order valence-electron chi connectivity index (χ4n) is 2.88. The smallest absolute Gasteiger partial charge is 0.328 e. The molecule has 1 saturated carbocycles. The van der Waals surface area contributed by atoms with Crippen molar-refractivity contribution in [2.75, 3.05) is 6.61 Å². The van der Waals surface area contributed by atoms with Gasteiger partial charge in [-0.05, 0) is 35.2 Å². The lowest BCUT2D eigenvalue weighted by Crippen LogP contribution is -2.32. The van der Waals surface area contributed by atoms with E-state index >= 15 is 0 Å². The topological polar surface area (TPSA) is 95.3 Å². The van der Waals surface area contributed by atoms with Gasteiger partial charge < -0.3 is 10.2 Å². The number of nitrogens with one attached hydrogen (secondary N) is 1. The van der Waals surface area contributed by atoms with E-state index in [1.807, 2.05) is 16.8 Å². The van der Waals surface area contributed by atoms with Crippen LogP contribution in [-0.2, 0) is 0 Å². The molecule has 0 radical (unpaired) electrons. The molecule has 0 unspecified atom stereocenters. The number of rotatable bonds is 3. The maximum absolute atomic E-state index is 12.0. The lowest BCUT2D eigenvalue weighted by Gasteiger charge is -2.14. The van der Waals surface area contributed by atoms with E-state index in [1.165, 1.54) is 15.9 Å². The minimum atomic E-state index is -0.622. The van der Waals surface area contributed by atoms with Crippen molar-refractivity contribution in [1.29, 1.82) is 0 Å². The Kier molecular flexibility index (Phi) is 3.79. The highest BCUT2D eigenvalue weighted by atomic mass is 32.1. The summed E-state index contributed by atoms with van der Waals surface area (Å²) in [5.74, 6) is -0.224. The second kappa shape index (κ2) is 5.59. The number of hydrogen-bond acceptors (Lipinski definition) is 5. The molecule has 1 fully saturated rings. The van der Waals surface area contributed by atoms with Gasteiger partial charge in [0.15, 0.2) is 0 Å². The van der Waals surface area contributed by atoms with Crippen LogP contribution in [0.25, 0.3) is 11.1 Å². The average molecular weight is 308 g/mol. The van der Waals surface area contributed by atoms with Crippen LogP contribution in [-0.4, -0.2) is 32.5 Å². The lowest BCUT2D eigenvalue weighted by molar-refractivity contribution is 0.0906. The van der Waals surface area contributed by atoms with Crippen molar-refractivity contribution in [3.05, 3.63) is 43.9 Å². The average Bonchev–Trinajstić information content (AvgIpc) is 3.08. The quantitative estimate of drug-likeness (QED) is 0.772. The molecule has 0 aromatic carbocycles. The van der Waals surface area contributed by atoms with Gasteiger partial charge in [0.25, 0.3) is 5.56 Å². The van der Waals surface area contributed by atoms with Crippen LogP contribution in [0.1, 0.15) is 18.9 Å². The van der Waals surface area contributed by atoms with Gasteiger partial charge in [-0.25, -0.2) is 4.79 Å². The van der Waals surface area contributed by atoms with E-state index in [2.05, 4.69) is 4.98 Å². The summed E-state index contributed by atoms with van der Waals surface area (Å²) in [4.78, 5) is 26.3. The first-order valence-corrected chi connectivity index (χ1v) is 7.71. The van der Waals surface area contributed by atoms with Crippen molar-refractivity contribution < 1.29 is 10.2 Å². The predicted molar refractivity (Wildman–Crippen MR) is 79.5 cm³/mol. The van der Waals surface area contributed by atoms with Crippen molar-refractivity contribution in [3.63, 3.8) is 0 Å². The van der Waals surface area contributed by atoms with Gasteiger partial charge in [-0.1, -0.05) is 0 Å². The van der Waals surface area contributed by atoms with Gasteiger partial charge >= 0.3 is 5.69 Å². The molecule has 2 aromatic heterocycles. The van der Waals surface area contributed by atoms with E-state index in [0.29, 0.717) is 18.4 Å². The van der Waals surface area contributed by atoms with Gasteiger partial charge in [0, 0.05) is 24.8 Å². The Morgan fingerprint density at radius 2 is 2.19 bits per heavy atom. The van der Waals surface area contributed by atoms with Crippen molar-refractivity contribution >= 4 is 11.3 Å². The number of nitrogens with zero attached hydrogens (tertiary/aromatic N) is 1. The minimum Gasteiger partial charge on any atom is -0.396 e. The highest BCUT2D eigenvalue weighted by Crippen LogP contribution is 2.34. The van der Waals surface area contributed by atoms with E-state index < -0.39 is 17.4 Å². The number of aliphatic hydroxyl groups is 2. The fraction of sp³-hybridized carbons (Fsp3) is 0.429. The Hall–Kier alpha value is -1.70. The minimum absolute atomic E-state index is 0.104. The molecule has 1 aliphatic carbocycles. The third-order valence-corrected chi connectivity index (χ3v) is 4.74. The zero-order valence-corrected chi connectivity index (χ0v) is 12.0. The van der Waals surface area contributed by atoms with Gasteiger partial charge in [-0.2, -0.15) is 11.3 Å². The van der Waals surface area contributed by atoms with Gasteiger partial charge in [-0.3, -0.25) is 14.3 Å². The summed E-state index contributed by atoms with van der Waals surface area (Å²) in [5.41, 5.74) is 0.326. The van der Waals surface area contributed by atoms with Crippen LogP contribution in [0, 0.1) is 5.92 Å². The number of thiophene rings is 1. The summed E-state index contributed by atoms with van der Waals surface area (Å²) >= 11 is 1.48. The Morgan fingerprint density at radius 3 is 2.81 bits per heavy atom. The predicted octanol–water partition coefficient (Wildman–Crippen LogP) is 0.569. The molecule has 1 aliphatic rings. The van der Waals surface area contributed by atoms with E-state index in [4.69, 9.17) is 0 Å². The second-order valence-corrected chi connectivity index (χ2v) is 6.14. The molecule has 112 valence electrons. The first kappa shape index (κ1) is 14.2. The van der Waals surface area contributed by atoms with Crippen LogP contribution >= 0.6 is 11.3 Å². The molecule has 0 spiro atoms. The van der Waals surface area contributed by atoms with Crippen LogP contribution in [0.2, 0.25) is 0 Å². The summed E-state index contributed by atoms with van der Waals surface area (Å²) in [6.07, 6.45) is 1.86. The van der Waals surface area contributed by atoms with E-state index in [0.717, 1.165) is 5.56 Å². The van der Waals surface area contributed by atoms with Crippen LogP contribution in [0.15, 0.2) is 32.6 Å². The van der Waals surface area contributed by atoms with Gasteiger partial charge in [0.2, 0.25) is 0 Å². The number of H-pyrrole nitrogens is 1. The molecule has 6 nitrogen and oxygen atoms in total. The molecule has 0 aliphatic heterocycles. The maximum Gasteiger partial charge on any atom is 0.328 e. The summed E-state index contributed by atoms with van der Waals surface area (Å²) in [5, 5.41) is 22.8. The molecule has 7 heteroatoms. The molecule has 3 atom stereocenters. The SMILES string of the molecule is O=c1[nH]c(=O)n([C@H]2C[C@@H](CO)[C@H](O)C2)cc1-c1ccsc1. The van der Waals surface area contributed by atoms with Gasteiger partial charge in [-0.15, -0.1) is 0 Å². The highest BCUT2D eigenvalue weighted by Gasteiger charge is 2.34. The monoisotopic (exact) mass is 308 g/mol. The Bertz CT molecular complexity index is 734. The van der Waals surface area contributed by atoms with Gasteiger partial charge in [0.05, 0.1) is 11.7 Å². The molecular weight excluding hydrogens is 292 g/mol. The van der Waals surface area contributed by atoms with Crippen LogP contribution in [0.3, 0.4) is 0 Å². The number of aliphatic hydroxyl groups excluding tert-OH is 2. The van der Waals surface area contributed by atoms with Crippen molar-refractivity contribution in [1.82, 2.24) is 9.55 Å². The van der Waals surface area contributed by atoms with Crippen molar-refractivity contribution in [2.24, 2.45) is 5.92 Å². The molecule has 2 aromatic rings. The Morgan fingerprint density at radius 1 is 1.38 bits per heavy atom. The number of aromatic nitrogens is 2. The van der Waals surface area contributed by atoms with E-state index in [-0.39, 0.29) is 18.6 Å². The summed E-state index contributed by atoms with van der Waals surface area (Å²) in [6.45, 7) is -0.104. The third kappa shape index (κ3) is 2.59. The van der Waals surface area contributed by atoms with Gasteiger partial charge in [0.1, 0.15) is 0 Å². The first-order valence-electron chi connectivity index (χ1n) is 6.77. The lowest BCUT2D eigenvalue weighted by atomic mass is 10.1. The maximum atomic E-state index is 12.0. The van der Waals surface area contributed by atoms with Crippen molar-refractivity contribution in [3.8, 4) is 11.1 Å². The molecule has 21 heavy (non-hydrogen) atoms. The molecule has 3 N–H and O–H groups in total. The van der Waals surface area contributed by atoms with E-state index in [1.54, 1.807) is 6.20 Å². The summed E-state index contributed by atoms with van der Waals surface area (Å²) in [6, 6.07) is 1.61. The zero-order valence-electron chi connectivity index (χ0n) is 11.2. The standard InChI is InChI=1S/C14H16N2O4S/c17-6-9-3-10(4-12(9)18)16-5-11(8-1-2-21-7-8)13(19)15-14(16)20/h1-2,5,7,9-10,12,17-18H,3-4,6H2,(H,15,19,20)/t9-,10-,12+/m0/s1. The molecular formula is C14H16N2O4S. The van der Waals surface area contributed by atoms with Crippen LogP contribution in [0.4, 0.5) is 0 Å². The Labute approximate surface area is 124 Å². The molecule has 0 bridgehead atoms. The molecule has 0 amide bonds. The van der Waals surface area contributed by atoms with Crippen LogP contribution < -0.4 is 11.2 Å². The van der Waals surface area contributed by atoms with Crippen molar-refractivity contribution in [2.45, 2.75) is 25.0 Å². The summed E-state index contributed by atoms with van der Waals surface area (Å²) < 4.78 is 1.47. The fourth-order valence-corrected chi connectivity index (χ4v) is 3.53. The Balaban J connectivity index is 2.02. The number of hydrogen-bond donors (Lipinski definition) is 3. The third-order valence-electron chi connectivity index (χ3n) is 4.06. The largest absolute Gasteiger partial charge is 0.396 e.